The zero-order chi connectivity index (χ0) is 27.6. The number of aryl methyl sites for hydroxylation is 1. The van der Waals surface area contributed by atoms with E-state index >= 15 is 0 Å². The van der Waals surface area contributed by atoms with Gasteiger partial charge in [-0.15, -0.1) is 0 Å². The summed E-state index contributed by atoms with van der Waals surface area (Å²) in [5.41, 5.74) is 1.41. The van der Waals surface area contributed by atoms with E-state index in [1.54, 1.807) is 0 Å². The predicted molar refractivity (Wildman–Crippen MR) is 176 cm³/mol. The second kappa shape index (κ2) is 18.6. The first-order chi connectivity index (χ1) is 19.2. The van der Waals surface area contributed by atoms with Gasteiger partial charge in [0.15, 0.2) is 27.7 Å². The molecule has 0 saturated heterocycles. The van der Waals surface area contributed by atoms with Crippen LogP contribution in [0, 0.1) is 0 Å². The Balaban J connectivity index is 1.40. The number of hydrogen-bond donors (Lipinski definition) is 0. The fourth-order valence-corrected chi connectivity index (χ4v) is 9.45. The maximum Gasteiger partial charge on any atom is 0.181 e. The average Bonchev–Trinajstić information content (AvgIpc) is 2.99. The van der Waals surface area contributed by atoms with E-state index in [0.29, 0.717) is 0 Å². The smallest absolute Gasteiger partial charge is 0.181 e. The third kappa shape index (κ3) is 10.6. The second-order valence-electron chi connectivity index (χ2n) is 10.1. The van der Waals surface area contributed by atoms with Gasteiger partial charge in [0.2, 0.25) is 0 Å². The molecule has 4 heteroatoms. The molecule has 0 aliphatic heterocycles. The van der Waals surface area contributed by atoms with E-state index < -0.39 is 5.96 Å². The van der Waals surface area contributed by atoms with Gasteiger partial charge in [-0.3, -0.25) is 0 Å². The molecular weight excluding hydrogens is 563 g/mol. The van der Waals surface area contributed by atoms with Gasteiger partial charge in [-0.2, -0.15) is 0 Å². The molecule has 3 rings (SSSR count). The van der Waals surface area contributed by atoms with Crippen LogP contribution in [0.1, 0.15) is 77.2 Å². The van der Waals surface area contributed by atoms with Crippen LogP contribution in [0.2, 0.25) is 0 Å². The molecule has 0 saturated carbocycles. The van der Waals surface area contributed by atoms with E-state index in [4.69, 9.17) is 9.47 Å². The Morgan fingerprint density at radius 3 is 1.69 bits per heavy atom. The van der Waals surface area contributed by atoms with Gasteiger partial charge in [0.25, 0.3) is 0 Å². The molecule has 0 aliphatic carbocycles. The topological polar surface area (TPSA) is 18.5 Å². The van der Waals surface area contributed by atoms with E-state index in [2.05, 4.69) is 126 Å². The van der Waals surface area contributed by atoms with Crippen molar-refractivity contribution in [1.82, 2.24) is 0 Å². The SMILES string of the molecule is CCCOC(CCCCC/C=C/CCCc1ccc([P+](Br)(c2ccccc2)c2ccccc2)cc1)OCCC. The molecule has 0 bridgehead atoms. The van der Waals surface area contributed by atoms with Crippen LogP contribution in [0.4, 0.5) is 0 Å². The highest BCUT2D eigenvalue weighted by molar-refractivity contribution is 9.44. The zero-order valence-corrected chi connectivity index (χ0v) is 26.4. The molecule has 0 unspecified atom stereocenters. The molecule has 0 spiro atoms. The average molecular weight is 611 g/mol. The molecule has 0 aromatic heterocycles. The summed E-state index contributed by atoms with van der Waals surface area (Å²) in [4.78, 5) is 0. The van der Waals surface area contributed by atoms with E-state index in [1.165, 1.54) is 53.6 Å². The number of unbranched alkanes of at least 4 members (excludes halogenated alkanes) is 4. The molecule has 0 heterocycles. The summed E-state index contributed by atoms with van der Waals surface area (Å²) >= 11 is 4.25. The molecule has 3 aromatic carbocycles. The van der Waals surface area contributed by atoms with Crippen molar-refractivity contribution >= 4 is 37.4 Å². The number of rotatable bonds is 19. The number of benzene rings is 3. The van der Waals surface area contributed by atoms with E-state index in [0.717, 1.165) is 45.3 Å². The predicted octanol–water partition coefficient (Wildman–Crippen LogP) is 9.30. The fourth-order valence-electron chi connectivity index (χ4n) is 4.71. The Morgan fingerprint density at radius 2 is 1.15 bits per heavy atom. The van der Waals surface area contributed by atoms with Crippen LogP contribution < -0.4 is 15.9 Å². The second-order valence-corrected chi connectivity index (χ2v) is 16.0. The maximum atomic E-state index is 5.83. The number of halogens is 1. The highest BCUT2D eigenvalue weighted by Crippen LogP contribution is 2.62. The Bertz CT molecular complexity index is 1010. The third-order valence-electron chi connectivity index (χ3n) is 6.85. The lowest BCUT2D eigenvalue weighted by molar-refractivity contribution is -0.146. The molecule has 0 amide bonds. The van der Waals surface area contributed by atoms with Crippen LogP contribution in [-0.2, 0) is 15.9 Å². The molecule has 0 fully saturated rings. The van der Waals surface area contributed by atoms with E-state index in [-0.39, 0.29) is 6.29 Å². The van der Waals surface area contributed by atoms with Crippen LogP contribution in [-0.4, -0.2) is 19.5 Å². The summed E-state index contributed by atoms with van der Waals surface area (Å²) in [6.45, 7) is 5.88. The minimum absolute atomic E-state index is 0.0148. The molecule has 0 aliphatic rings. The summed E-state index contributed by atoms with van der Waals surface area (Å²) in [6.07, 6.45) is 16.1. The Morgan fingerprint density at radius 1 is 0.641 bits per heavy atom. The highest BCUT2D eigenvalue weighted by atomic mass is 79.9. The Labute approximate surface area is 246 Å². The molecule has 210 valence electrons. The minimum Gasteiger partial charge on any atom is -0.353 e. The number of ether oxygens (including phenoxy) is 2. The quantitative estimate of drug-likeness (QED) is 0.0583. The lowest BCUT2D eigenvalue weighted by Crippen LogP contribution is -2.26. The molecular formula is C35H47BrO2P+. The van der Waals surface area contributed by atoms with Crippen molar-refractivity contribution in [3.63, 3.8) is 0 Å². The summed E-state index contributed by atoms with van der Waals surface area (Å²) in [5, 5.41) is 4.07. The first-order valence-corrected chi connectivity index (χ1v) is 18.7. The van der Waals surface area contributed by atoms with Crippen molar-refractivity contribution in [2.45, 2.75) is 84.3 Å². The normalized spacial score (nSPS) is 12.0. The molecule has 0 N–H and O–H groups in total. The van der Waals surface area contributed by atoms with Gasteiger partial charge in [-0.25, -0.2) is 0 Å². The lowest BCUT2D eigenvalue weighted by atomic mass is 10.1. The first-order valence-electron chi connectivity index (χ1n) is 14.9. The van der Waals surface area contributed by atoms with E-state index in [1.807, 2.05) is 0 Å². The largest absolute Gasteiger partial charge is 0.353 e. The Kier molecular flexibility index (Phi) is 15.1. The van der Waals surface area contributed by atoms with Crippen LogP contribution >= 0.6 is 21.5 Å². The summed E-state index contributed by atoms with van der Waals surface area (Å²) in [7, 11) is 0. The molecule has 0 atom stereocenters. The van der Waals surface area contributed by atoms with Gasteiger partial charge >= 0.3 is 0 Å². The number of hydrogen-bond acceptors (Lipinski definition) is 2. The van der Waals surface area contributed by atoms with Gasteiger partial charge < -0.3 is 9.47 Å². The van der Waals surface area contributed by atoms with Crippen molar-refractivity contribution in [1.29, 1.82) is 0 Å². The van der Waals surface area contributed by atoms with Crippen molar-refractivity contribution in [2.24, 2.45) is 0 Å². The van der Waals surface area contributed by atoms with Crippen LogP contribution in [0.3, 0.4) is 0 Å². The molecule has 0 radical (unpaired) electrons. The lowest BCUT2D eigenvalue weighted by Gasteiger charge is -2.20. The molecule has 39 heavy (non-hydrogen) atoms. The van der Waals surface area contributed by atoms with Gasteiger partial charge in [-0.1, -0.05) is 81.0 Å². The fraction of sp³-hybridized carbons (Fsp3) is 0.429. The number of allylic oxidation sites excluding steroid dienone is 2. The summed E-state index contributed by atoms with van der Waals surface area (Å²) in [6, 6.07) is 31.0. The zero-order valence-electron chi connectivity index (χ0n) is 23.9. The van der Waals surface area contributed by atoms with Gasteiger partial charge in [0.05, 0.1) is 0 Å². The van der Waals surface area contributed by atoms with Crippen molar-refractivity contribution in [3.8, 4) is 0 Å². The maximum absolute atomic E-state index is 5.83. The van der Waals surface area contributed by atoms with Crippen LogP contribution in [0.15, 0.2) is 97.1 Å². The first kappa shape index (κ1) is 31.8. The van der Waals surface area contributed by atoms with Gasteiger partial charge in [0, 0.05) is 13.2 Å². The Hall–Kier alpha value is -1.77. The van der Waals surface area contributed by atoms with Crippen LogP contribution in [0.25, 0.3) is 0 Å². The third-order valence-corrected chi connectivity index (χ3v) is 13.6. The summed E-state index contributed by atoms with van der Waals surface area (Å²) in [5.74, 6) is -1.83. The van der Waals surface area contributed by atoms with E-state index in [9.17, 15) is 0 Å². The minimum atomic E-state index is -1.83. The van der Waals surface area contributed by atoms with Crippen LogP contribution in [0.5, 0.6) is 0 Å². The van der Waals surface area contributed by atoms with Crippen molar-refractivity contribution < 1.29 is 9.47 Å². The van der Waals surface area contributed by atoms with Crippen molar-refractivity contribution in [3.05, 3.63) is 103 Å². The standard InChI is InChI=1S/C35H47BrO2P/c1-3-29-37-35(38-30-4-2)24-18-10-8-6-5-7-9-13-19-31-25-27-34(28-26-31)39(36,32-20-14-11-15-21-32)33-22-16-12-17-23-33/h5,7,11-12,14-17,20-23,25-28,35H,3-4,6,8-10,13,18-19,24,29-30H2,1-2H3/q+1/b7-5+. The van der Waals surface area contributed by atoms with Gasteiger partial charge in [0.1, 0.15) is 15.9 Å². The van der Waals surface area contributed by atoms with Crippen molar-refractivity contribution in [2.75, 3.05) is 13.2 Å². The molecule has 2 nitrogen and oxygen atoms in total. The van der Waals surface area contributed by atoms with Gasteiger partial charge in [-0.05, 0) is 99.7 Å². The molecule has 3 aromatic rings. The highest BCUT2D eigenvalue weighted by Gasteiger charge is 2.43. The monoisotopic (exact) mass is 609 g/mol. The summed E-state index contributed by atoms with van der Waals surface area (Å²) < 4.78 is 11.7.